The lowest BCUT2D eigenvalue weighted by molar-refractivity contribution is -0.136. The van der Waals surface area contributed by atoms with Gasteiger partial charge in [-0.15, -0.1) is 0 Å². The van der Waals surface area contributed by atoms with E-state index in [1.54, 1.807) is 43.1 Å². The van der Waals surface area contributed by atoms with Crippen molar-refractivity contribution in [3.63, 3.8) is 0 Å². The van der Waals surface area contributed by atoms with Crippen LogP contribution in [0.15, 0.2) is 51.4 Å². The van der Waals surface area contributed by atoms with E-state index >= 15 is 0 Å². The SMILES string of the molecule is CN(C(=O)N(C)[C@@H]1CN(C(=O)C2CCC(N(C)C(=O)O)CC2)C[C@H]1c1ccc(F)cc1)c1cc(Br)cc(Br)c1. The molecule has 1 heterocycles. The summed E-state index contributed by atoms with van der Waals surface area (Å²) in [5, 5.41) is 9.29. The van der Waals surface area contributed by atoms with Crippen LogP contribution in [0.25, 0.3) is 0 Å². The number of carbonyl (C=O) groups excluding carboxylic acids is 2. The minimum absolute atomic E-state index is 0.0335. The second-order valence-corrected chi connectivity index (χ2v) is 12.3. The van der Waals surface area contributed by atoms with E-state index in [0.29, 0.717) is 44.5 Å². The Balaban J connectivity index is 1.52. The number of hydrogen-bond donors (Lipinski definition) is 1. The van der Waals surface area contributed by atoms with Gasteiger partial charge < -0.3 is 19.8 Å². The first-order valence-corrected chi connectivity index (χ1v) is 14.5. The summed E-state index contributed by atoms with van der Waals surface area (Å²) in [6.07, 6.45) is 1.58. The quantitative estimate of drug-likeness (QED) is 0.424. The molecule has 210 valence electrons. The van der Waals surface area contributed by atoms with Crippen LogP contribution in [0.3, 0.4) is 0 Å². The average molecular weight is 668 g/mol. The van der Waals surface area contributed by atoms with E-state index in [0.717, 1.165) is 14.5 Å². The molecule has 0 aromatic heterocycles. The van der Waals surface area contributed by atoms with Crippen LogP contribution in [0.2, 0.25) is 0 Å². The molecule has 2 aromatic rings. The number of likely N-dealkylation sites (N-methyl/N-ethyl adjacent to an activating group) is 1. The summed E-state index contributed by atoms with van der Waals surface area (Å²) in [7, 11) is 5.03. The largest absolute Gasteiger partial charge is 0.465 e. The molecule has 0 unspecified atom stereocenters. The van der Waals surface area contributed by atoms with Crippen molar-refractivity contribution in [2.24, 2.45) is 5.92 Å². The molecule has 2 atom stereocenters. The van der Waals surface area contributed by atoms with E-state index in [4.69, 9.17) is 0 Å². The number of urea groups is 1. The molecule has 4 rings (SSSR count). The third-order valence-corrected chi connectivity index (χ3v) is 9.03. The van der Waals surface area contributed by atoms with Crippen LogP contribution in [-0.4, -0.2) is 84.2 Å². The Bertz CT molecular complexity index is 1200. The minimum atomic E-state index is -0.956. The maximum absolute atomic E-state index is 13.7. The van der Waals surface area contributed by atoms with E-state index in [2.05, 4.69) is 31.9 Å². The van der Waals surface area contributed by atoms with E-state index in [1.165, 1.54) is 17.0 Å². The van der Waals surface area contributed by atoms with E-state index in [1.807, 2.05) is 23.1 Å². The second kappa shape index (κ2) is 12.2. The Morgan fingerprint density at radius 3 is 2.05 bits per heavy atom. The maximum Gasteiger partial charge on any atom is 0.407 e. The van der Waals surface area contributed by atoms with Gasteiger partial charge in [0.05, 0.1) is 6.04 Å². The fourth-order valence-electron chi connectivity index (χ4n) is 5.74. The summed E-state index contributed by atoms with van der Waals surface area (Å²) in [6.45, 7) is 0.794. The standard InChI is InChI=1S/C28H33Br2FN4O4/c1-32(23-13-19(29)12-20(30)14-23)27(37)34(3)25-16-35(15-24(25)17-4-8-21(31)9-5-17)26(36)18-6-10-22(11-7-18)33(2)28(38)39/h4-5,8-9,12-14,18,22,24-25H,6-7,10-11,15-16H2,1-3H3,(H,38,39)/t18?,22?,24-,25+/m0/s1. The van der Waals surface area contributed by atoms with Crippen molar-refractivity contribution in [3.8, 4) is 0 Å². The van der Waals surface area contributed by atoms with Gasteiger partial charge in [0.1, 0.15) is 5.82 Å². The van der Waals surface area contributed by atoms with Crippen molar-refractivity contribution >= 4 is 55.6 Å². The van der Waals surface area contributed by atoms with Gasteiger partial charge in [-0.05, 0) is 61.6 Å². The minimum Gasteiger partial charge on any atom is -0.465 e. The lowest BCUT2D eigenvalue weighted by Gasteiger charge is -2.34. The van der Waals surface area contributed by atoms with Crippen LogP contribution in [0.1, 0.15) is 37.2 Å². The molecular formula is C28H33Br2FN4O4. The number of carbonyl (C=O) groups is 3. The molecule has 1 N–H and O–H groups in total. The first-order chi connectivity index (χ1) is 18.5. The third kappa shape index (κ3) is 6.57. The molecule has 0 bridgehead atoms. The molecule has 39 heavy (non-hydrogen) atoms. The molecule has 8 nitrogen and oxygen atoms in total. The van der Waals surface area contributed by atoms with Crippen LogP contribution in [0.5, 0.6) is 0 Å². The zero-order valence-corrected chi connectivity index (χ0v) is 25.4. The highest BCUT2D eigenvalue weighted by molar-refractivity contribution is 9.11. The van der Waals surface area contributed by atoms with Crippen LogP contribution >= 0.6 is 31.9 Å². The van der Waals surface area contributed by atoms with Crippen molar-refractivity contribution in [2.45, 2.75) is 43.7 Å². The molecular weight excluding hydrogens is 635 g/mol. The van der Waals surface area contributed by atoms with Gasteiger partial charge in [-0.2, -0.15) is 0 Å². The summed E-state index contributed by atoms with van der Waals surface area (Å²) in [5.41, 5.74) is 1.58. The summed E-state index contributed by atoms with van der Waals surface area (Å²) >= 11 is 6.94. The van der Waals surface area contributed by atoms with Crippen LogP contribution in [-0.2, 0) is 4.79 Å². The second-order valence-electron chi connectivity index (χ2n) is 10.4. The van der Waals surface area contributed by atoms with Crippen molar-refractivity contribution in [1.82, 2.24) is 14.7 Å². The number of anilines is 1. The van der Waals surface area contributed by atoms with Crippen molar-refractivity contribution < 1.29 is 23.9 Å². The van der Waals surface area contributed by atoms with Gasteiger partial charge in [-0.25, -0.2) is 14.0 Å². The van der Waals surface area contributed by atoms with Gasteiger partial charge in [-0.1, -0.05) is 44.0 Å². The number of halogens is 3. The highest BCUT2D eigenvalue weighted by Crippen LogP contribution is 2.36. The van der Waals surface area contributed by atoms with E-state index in [9.17, 15) is 23.9 Å². The zero-order chi connectivity index (χ0) is 28.4. The fourth-order valence-corrected chi connectivity index (χ4v) is 7.01. The number of rotatable bonds is 5. The van der Waals surface area contributed by atoms with E-state index < -0.39 is 6.09 Å². The Labute approximate surface area is 245 Å². The summed E-state index contributed by atoms with van der Waals surface area (Å²) in [4.78, 5) is 45.0. The monoisotopic (exact) mass is 666 g/mol. The molecule has 2 aliphatic rings. The lowest BCUT2D eigenvalue weighted by atomic mass is 9.84. The van der Waals surface area contributed by atoms with Gasteiger partial charge in [0, 0.05) is 66.7 Å². The third-order valence-electron chi connectivity index (χ3n) is 8.11. The highest BCUT2D eigenvalue weighted by Gasteiger charge is 2.43. The molecule has 2 aromatic carbocycles. The molecule has 4 amide bonds. The number of nitrogens with zero attached hydrogens (tertiary/aromatic N) is 4. The topological polar surface area (TPSA) is 84.4 Å². The lowest BCUT2D eigenvalue weighted by Crippen LogP contribution is -2.48. The van der Waals surface area contributed by atoms with Gasteiger partial charge in [0.15, 0.2) is 0 Å². The average Bonchev–Trinajstić information content (AvgIpc) is 3.36. The summed E-state index contributed by atoms with van der Waals surface area (Å²) in [5.74, 6) is -0.667. The number of benzene rings is 2. The maximum atomic E-state index is 13.7. The Morgan fingerprint density at radius 1 is 0.897 bits per heavy atom. The number of amides is 4. The molecule has 2 fully saturated rings. The molecule has 1 aliphatic carbocycles. The Morgan fingerprint density at radius 2 is 1.49 bits per heavy atom. The van der Waals surface area contributed by atoms with Gasteiger partial charge >= 0.3 is 12.1 Å². The summed E-state index contributed by atoms with van der Waals surface area (Å²) in [6, 6.07) is 11.3. The molecule has 0 radical (unpaired) electrons. The first-order valence-electron chi connectivity index (χ1n) is 12.9. The number of likely N-dealkylation sites (tertiary alicyclic amines) is 1. The van der Waals surface area contributed by atoms with Crippen molar-refractivity contribution in [1.29, 1.82) is 0 Å². The smallest absolute Gasteiger partial charge is 0.407 e. The zero-order valence-electron chi connectivity index (χ0n) is 22.2. The number of carboxylic acid groups (broad SMARTS) is 1. The molecule has 1 saturated heterocycles. The van der Waals surface area contributed by atoms with Gasteiger partial charge in [-0.3, -0.25) is 9.69 Å². The molecule has 1 aliphatic heterocycles. The van der Waals surface area contributed by atoms with Crippen LogP contribution in [0.4, 0.5) is 19.7 Å². The predicted octanol–water partition coefficient (Wildman–Crippen LogP) is 6.00. The molecule has 1 saturated carbocycles. The summed E-state index contributed by atoms with van der Waals surface area (Å²) < 4.78 is 15.4. The van der Waals surface area contributed by atoms with Gasteiger partial charge in [0.25, 0.3) is 0 Å². The molecule has 11 heteroatoms. The van der Waals surface area contributed by atoms with Crippen molar-refractivity contribution in [3.05, 3.63) is 62.8 Å². The Kier molecular flexibility index (Phi) is 9.21. The Hall–Kier alpha value is -2.66. The van der Waals surface area contributed by atoms with Crippen molar-refractivity contribution in [2.75, 3.05) is 39.1 Å². The predicted molar refractivity (Wildman–Crippen MR) is 154 cm³/mol. The first kappa shape index (κ1) is 29.3. The normalized spacial score (nSPS) is 22.9. The molecule has 0 spiro atoms. The number of hydrogen-bond acceptors (Lipinski definition) is 3. The van der Waals surface area contributed by atoms with E-state index in [-0.39, 0.29) is 41.7 Å². The fraction of sp³-hybridized carbons (Fsp3) is 0.464. The highest BCUT2D eigenvalue weighted by atomic mass is 79.9. The van der Waals surface area contributed by atoms with Gasteiger partial charge in [0.2, 0.25) is 5.91 Å². The van der Waals surface area contributed by atoms with Crippen LogP contribution < -0.4 is 4.90 Å². The van der Waals surface area contributed by atoms with Crippen LogP contribution in [0, 0.1) is 11.7 Å².